The highest BCUT2D eigenvalue weighted by molar-refractivity contribution is 7.71. The minimum absolute atomic E-state index is 0.0782. The third kappa shape index (κ3) is 2.46. The Bertz CT molecular complexity index is 931. The van der Waals surface area contributed by atoms with E-state index in [9.17, 15) is 9.90 Å². The molecule has 2 N–H and O–H groups in total. The van der Waals surface area contributed by atoms with E-state index in [0.29, 0.717) is 5.56 Å². The minimum atomic E-state index is -0.449. The molecule has 6 nitrogen and oxygen atoms in total. The van der Waals surface area contributed by atoms with E-state index >= 15 is 0 Å². The third-order valence-corrected chi connectivity index (χ3v) is 3.25. The number of hydrogen-bond donors (Lipinski definition) is 2. The molecule has 0 bridgehead atoms. The van der Waals surface area contributed by atoms with Crippen LogP contribution < -0.4 is 5.56 Å². The van der Waals surface area contributed by atoms with Crippen molar-refractivity contribution in [3.05, 3.63) is 63.3 Å². The van der Waals surface area contributed by atoms with Gasteiger partial charge in [0.1, 0.15) is 11.9 Å². The summed E-state index contributed by atoms with van der Waals surface area (Å²) in [6, 6.07) is 11.0. The van der Waals surface area contributed by atoms with Crippen molar-refractivity contribution < 1.29 is 5.11 Å². The minimum Gasteiger partial charge on any atom is -0.507 e. The van der Waals surface area contributed by atoms with Gasteiger partial charge in [0, 0.05) is 5.56 Å². The van der Waals surface area contributed by atoms with Crippen molar-refractivity contribution in [2.45, 2.75) is 0 Å². The maximum Gasteiger partial charge on any atom is 0.293 e. The highest BCUT2D eigenvalue weighted by atomic mass is 32.1. The second-order valence-electron chi connectivity index (χ2n) is 4.29. The average molecular weight is 298 g/mol. The quantitative estimate of drug-likeness (QED) is 0.560. The molecule has 3 rings (SSSR count). The monoisotopic (exact) mass is 298 g/mol. The maximum absolute atomic E-state index is 11.6. The number of rotatable bonds is 2. The Hall–Kier alpha value is -2.80. The van der Waals surface area contributed by atoms with Crippen LogP contribution in [-0.4, -0.2) is 26.2 Å². The molecule has 0 radical (unpaired) electrons. The Balaban J connectivity index is 2.18. The van der Waals surface area contributed by atoms with Gasteiger partial charge in [0.05, 0.1) is 6.21 Å². The fraction of sp³-hybridized carbons (Fsp3) is 0. The number of nitrogens with one attached hydrogen (secondary N) is 1. The van der Waals surface area contributed by atoms with Crippen LogP contribution in [0.2, 0.25) is 0 Å². The van der Waals surface area contributed by atoms with E-state index in [0.717, 1.165) is 21.6 Å². The molecule has 3 aromatic rings. The Morgan fingerprint density at radius 1 is 1.29 bits per heavy atom. The largest absolute Gasteiger partial charge is 0.507 e. The van der Waals surface area contributed by atoms with Gasteiger partial charge in [-0.2, -0.15) is 14.9 Å². The first-order valence-electron chi connectivity index (χ1n) is 6.08. The summed E-state index contributed by atoms with van der Waals surface area (Å²) in [5, 5.41) is 21.9. The molecular formula is C14H10N4O2S. The molecule has 0 saturated carbocycles. The van der Waals surface area contributed by atoms with Crippen LogP contribution in [0.3, 0.4) is 0 Å². The number of H-pyrrole nitrogens is 1. The predicted octanol–water partition coefficient (Wildman–Crippen LogP) is 2.04. The Morgan fingerprint density at radius 3 is 2.90 bits per heavy atom. The second kappa shape index (κ2) is 5.29. The summed E-state index contributed by atoms with van der Waals surface area (Å²) in [6.07, 6.45) is 2.48. The molecule has 0 amide bonds. The lowest BCUT2D eigenvalue weighted by atomic mass is 10.0. The van der Waals surface area contributed by atoms with Gasteiger partial charge in [0.25, 0.3) is 5.56 Å². The van der Waals surface area contributed by atoms with Crippen molar-refractivity contribution in [3.8, 4) is 5.75 Å². The first kappa shape index (κ1) is 13.2. The van der Waals surface area contributed by atoms with Crippen molar-refractivity contribution >= 4 is 29.2 Å². The van der Waals surface area contributed by atoms with Crippen molar-refractivity contribution in [2.24, 2.45) is 5.10 Å². The van der Waals surface area contributed by atoms with E-state index in [1.807, 2.05) is 30.3 Å². The van der Waals surface area contributed by atoms with E-state index < -0.39 is 5.56 Å². The zero-order valence-electron chi connectivity index (χ0n) is 10.7. The maximum atomic E-state index is 11.6. The number of hydrogen-bond acceptors (Lipinski definition) is 5. The number of phenols is 1. The van der Waals surface area contributed by atoms with Gasteiger partial charge in [-0.1, -0.05) is 30.3 Å². The first-order valence-corrected chi connectivity index (χ1v) is 6.49. The number of benzene rings is 2. The molecule has 1 heterocycles. The Labute approximate surface area is 124 Å². The van der Waals surface area contributed by atoms with E-state index in [1.165, 1.54) is 6.21 Å². The normalized spacial score (nSPS) is 11.2. The van der Waals surface area contributed by atoms with Gasteiger partial charge < -0.3 is 5.11 Å². The van der Waals surface area contributed by atoms with Crippen LogP contribution >= 0.6 is 12.2 Å². The molecule has 0 atom stereocenters. The first-order chi connectivity index (χ1) is 10.2. The summed E-state index contributed by atoms with van der Waals surface area (Å²) in [6.45, 7) is 0. The van der Waals surface area contributed by atoms with E-state index in [2.05, 4.69) is 15.3 Å². The predicted molar refractivity (Wildman–Crippen MR) is 82.3 cm³/mol. The van der Waals surface area contributed by atoms with Crippen LogP contribution in [0.4, 0.5) is 0 Å². The van der Waals surface area contributed by atoms with Crippen LogP contribution in [-0.2, 0) is 0 Å². The zero-order chi connectivity index (χ0) is 14.8. The number of aromatic hydroxyl groups is 1. The van der Waals surface area contributed by atoms with Gasteiger partial charge in [0.2, 0.25) is 4.77 Å². The van der Waals surface area contributed by atoms with Crippen molar-refractivity contribution in [2.75, 3.05) is 0 Å². The van der Waals surface area contributed by atoms with Crippen molar-refractivity contribution in [3.63, 3.8) is 0 Å². The molecular weight excluding hydrogens is 288 g/mol. The van der Waals surface area contributed by atoms with Crippen LogP contribution in [0, 0.1) is 4.77 Å². The van der Waals surface area contributed by atoms with Gasteiger partial charge in [-0.05, 0) is 29.1 Å². The molecule has 104 valence electrons. The summed E-state index contributed by atoms with van der Waals surface area (Å²) >= 11 is 4.95. The van der Waals surface area contributed by atoms with Crippen LogP contribution in [0.15, 0.2) is 52.5 Å². The summed E-state index contributed by atoms with van der Waals surface area (Å²) in [4.78, 5) is 11.6. The van der Waals surface area contributed by atoms with Gasteiger partial charge in [-0.25, -0.2) is 0 Å². The van der Waals surface area contributed by atoms with Crippen LogP contribution in [0.25, 0.3) is 10.8 Å². The SMILES string of the molecule is O=c1cn[nH]c(=S)n1/N=C/c1c(O)ccc2ccccc12. The molecule has 0 aliphatic carbocycles. The number of fused-ring (bicyclic) bond motifs is 1. The number of nitrogens with zero attached hydrogens (tertiary/aromatic N) is 3. The summed E-state index contributed by atoms with van der Waals surface area (Å²) in [5.41, 5.74) is 0.0703. The summed E-state index contributed by atoms with van der Waals surface area (Å²) in [7, 11) is 0. The number of aromatic amines is 1. The van der Waals surface area contributed by atoms with Gasteiger partial charge >= 0.3 is 0 Å². The summed E-state index contributed by atoms with van der Waals surface area (Å²) in [5.74, 6) is 0.0782. The lowest BCUT2D eigenvalue weighted by molar-refractivity contribution is 0.475. The van der Waals surface area contributed by atoms with Crippen LogP contribution in [0.1, 0.15) is 5.56 Å². The Kier molecular flexibility index (Phi) is 3.33. The standard InChI is InChI=1S/C14H10N4O2S/c19-12-6-5-9-3-1-2-4-10(9)11(12)7-16-18-13(20)8-15-17-14(18)21/h1-8,19H,(H,17,21)/b16-7+. The van der Waals surface area contributed by atoms with E-state index in [4.69, 9.17) is 12.2 Å². The average Bonchev–Trinajstić information content (AvgIpc) is 2.48. The van der Waals surface area contributed by atoms with E-state index in [1.54, 1.807) is 6.07 Å². The fourth-order valence-electron chi connectivity index (χ4n) is 1.99. The number of aromatic nitrogens is 3. The smallest absolute Gasteiger partial charge is 0.293 e. The van der Waals surface area contributed by atoms with Gasteiger partial charge in [0.15, 0.2) is 0 Å². The van der Waals surface area contributed by atoms with Gasteiger partial charge in [-0.3, -0.25) is 9.89 Å². The van der Waals surface area contributed by atoms with Crippen LogP contribution in [0.5, 0.6) is 5.75 Å². The highest BCUT2D eigenvalue weighted by Gasteiger charge is 2.04. The Morgan fingerprint density at radius 2 is 2.10 bits per heavy atom. The molecule has 0 aliphatic rings. The van der Waals surface area contributed by atoms with Gasteiger partial charge in [-0.15, -0.1) is 0 Å². The molecule has 21 heavy (non-hydrogen) atoms. The molecule has 7 heteroatoms. The zero-order valence-corrected chi connectivity index (χ0v) is 11.5. The number of phenolic OH excluding ortho intramolecular Hbond substituents is 1. The van der Waals surface area contributed by atoms with E-state index in [-0.39, 0.29) is 10.5 Å². The molecule has 0 spiro atoms. The summed E-state index contributed by atoms with van der Waals surface area (Å²) < 4.78 is 1.09. The molecule has 0 saturated heterocycles. The highest BCUT2D eigenvalue weighted by Crippen LogP contribution is 2.25. The lowest BCUT2D eigenvalue weighted by Gasteiger charge is -2.04. The molecule has 0 fully saturated rings. The third-order valence-electron chi connectivity index (χ3n) is 2.99. The second-order valence-corrected chi connectivity index (χ2v) is 4.68. The molecule has 1 aromatic heterocycles. The molecule has 2 aromatic carbocycles. The van der Waals surface area contributed by atoms with Crippen molar-refractivity contribution in [1.82, 2.24) is 14.9 Å². The molecule has 0 aliphatic heterocycles. The van der Waals surface area contributed by atoms with Crippen molar-refractivity contribution in [1.29, 1.82) is 0 Å². The fourth-order valence-corrected chi connectivity index (χ4v) is 2.18. The molecule has 0 unspecified atom stereocenters. The topological polar surface area (TPSA) is 83.3 Å². The lowest BCUT2D eigenvalue weighted by Crippen LogP contribution is -2.18.